The molecule has 0 saturated heterocycles. The fourth-order valence-electron chi connectivity index (χ4n) is 3.37. The van der Waals surface area contributed by atoms with Crippen LogP contribution < -0.4 is 15.4 Å². The number of carbonyl (C=O) groups excluding carboxylic acids is 2. The first-order valence-corrected chi connectivity index (χ1v) is 9.97. The lowest BCUT2D eigenvalue weighted by atomic mass is 9.97. The quantitative estimate of drug-likeness (QED) is 0.589. The number of rotatable bonds is 5. The Morgan fingerprint density at radius 1 is 1.06 bits per heavy atom. The van der Waals surface area contributed by atoms with Crippen molar-refractivity contribution >= 4 is 17.7 Å². The number of halogens is 3. The number of pyridine rings is 1. The van der Waals surface area contributed by atoms with E-state index in [1.807, 2.05) is 0 Å². The van der Waals surface area contributed by atoms with Crippen molar-refractivity contribution in [2.75, 3.05) is 11.9 Å². The zero-order valence-electron chi connectivity index (χ0n) is 17.1. The van der Waals surface area contributed by atoms with E-state index in [1.165, 1.54) is 6.07 Å². The highest BCUT2D eigenvalue weighted by molar-refractivity contribution is 6.06. The Morgan fingerprint density at radius 3 is 2.64 bits per heavy atom. The summed E-state index contributed by atoms with van der Waals surface area (Å²) < 4.78 is 51.9. The Kier molecular flexibility index (Phi) is 6.43. The molecule has 1 aliphatic heterocycles. The third-order valence-electron chi connectivity index (χ3n) is 4.94. The van der Waals surface area contributed by atoms with E-state index < -0.39 is 41.1 Å². The van der Waals surface area contributed by atoms with E-state index in [0.29, 0.717) is 17.7 Å². The molecule has 0 aliphatic carbocycles. The predicted molar refractivity (Wildman–Crippen MR) is 111 cm³/mol. The number of benzene rings is 2. The van der Waals surface area contributed by atoms with Gasteiger partial charge in [-0.25, -0.2) is 18.0 Å². The summed E-state index contributed by atoms with van der Waals surface area (Å²) in [6.45, 7) is 0.0706. The lowest BCUT2D eigenvalue weighted by Crippen LogP contribution is -2.33. The average Bonchev–Trinajstić information content (AvgIpc) is 2.80. The maximum atomic E-state index is 14.6. The van der Waals surface area contributed by atoms with Gasteiger partial charge in [-0.2, -0.15) is 0 Å². The summed E-state index contributed by atoms with van der Waals surface area (Å²) in [5.74, 6) is -4.06. The van der Waals surface area contributed by atoms with Gasteiger partial charge in [0.2, 0.25) is 0 Å². The normalized spacial score (nSPS) is 14.6. The molecule has 0 fully saturated rings. The van der Waals surface area contributed by atoms with Gasteiger partial charge in [0.1, 0.15) is 23.7 Å². The number of fused-ring (bicyclic) bond motifs is 1. The van der Waals surface area contributed by atoms with Crippen molar-refractivity contribution in [1.29, 1.82) is 0 Å². The second-order valence-electron chi connectivity index (χ2n) is 7.16. The molecule has 0 bridgehead atoms. The third kappa shape index (κ3) is 5.05. The molecule has 4 rings (SSSR count). The minimum Gasteiger partial charge on any atom is -0.492 e. The standard InChI is InChI=1S/C23H18F3N3O4/c24-16-6-4-13(11-18(16)26)28-22(30)20-17(25)7-5-15-19(8-10-32-21(15)20)29-23(31)33-12-14-3-1-2-9-27-14/h1-7,9,11,19H,8,10,12H2,(H,28,30)(H,29,31)/t19-/m0/s1. The molecule has 0 spiro atoms. The Morgan fingerprint density at radius 2 is 1.88 bits per heavy atom. The summed E-state index contributed by atoms with van der Waals surface area (Å²) in [5.41, 5.74) is 0.483. The van der Waals surface area contributed by atoms with Crippen molar-refractivity contribution < 1.29 is 32.2 Å². The lowest BCUT2D eigenvalue weighted by Gasteiger charge is -2.28. The number of amides is 2. The Hall–Kier alpha value is -4.08. The molecule has 0 radical (unpaired) electrons. The van der Waals surface area contributed by atoms with Crippen molar-refractivity contribution in [2.24, 2.45) is 0 Å². The molecule has 2 aromatic carbocycles. The van der Waals surface area contributed by atoms with Gasteiger partial charge < -0.3 is 20.1 Å². The topological polar surface area (TPSA) is 89.5 Å². The van der Waals surface area contributed by atoms with Crippen LogP contribution in [0.5, 0.6) is 5.75 Å². The van der Waals surface area contributed by atoms with Crippen molar-refractivity contribution in [3.63, 3.8) is 0 Å². The molecular formula is C23H18F3N3O4. The summed E-state index contributed by atoms with van der Waals surface area (Å²) in [4.78, 5) is 29.0. The van der Waals surface area contributed by atoms with Crippen LogP contribution in [-0.4, -0.2) is 23.6 Å². The van der Waals surface area contributed by atoms with E-state index in [-0.39, 0.29) is 24.7 Å². The second kappa shape index (κ2) is 9.60. The zero-order valence-corrected chi connectivity index (χ0v) is 17.1. The zero-order chi connectivity index (χ0) is 23.4. The number of nitrogens with zero attached hydrogens (tertiary/aromatic N) is 1. The van der Waals surface area contributed by atoms with E-state index >= 15 is 0 Å². The molecule has 1 atom stereocenters. The first-order valence-electron chi connectivity index (χ1n) is 9.97. The maximum Gasteiger partial charge on any atom is 0.408 e. The molecule has 0 unspecified atom stereocenters. The van der Waals surface area contributed by atoms with Crippen LogP contribution in [0.2, 0.25) is 0 Å². The number of ether oxygens (including phenoxy) is 2. The molecule has 2 amide bonds. The molecule has 0 saturated carbocycles. The lowest BCUT2D eigenvalue weighted by molar-refractivity contribution is 0.101. The molecule has 3 aromatic rings. The van der Waals surface area contributed by atoms with Gasteiger partial charge in [0.15, 0.2) is 11.6 Å². The number of anilines is 1. The largest absolute Gasteiger partial charge is 0.492 e. The average molecular weight is 457 g/mol. The highest BCUT2D eigenvalue weighted by atomic mass is 19.2. The summed E-state index contributed by atoms with van der Waals surface area (Å²) >= 11 is 0. The molecular weight excluding hydrogens is 439 g/mol. The van der Waals surface area contributed by atoms with Crippen LogP contribution in [0.15, 0.2) is 54.7 Å². The van der Waals surface area contributed by atoms with Gasteiger partial charge in [0, 0.05) is 29.9 Å². The smallest absolute Gasteiger partial charge is 0.408 e. The highest BCUT2D eigenvalue weighted by Crippen LogP contribution is 2.37. The minimum absolute atomic E-state index is 0.0337. The first kappa shape index (κ1) is 22.1. The van der Waals surface area contributed by atoms with E-state index in [1.54, 1.807) is 24.4 Å². The van der Waals surface area contributed by atoms with Gasteiger partial charge in [0.25, 0.3) is 5.91 Å². The second-order valence-corrected chi connectivity index (χ2v) is 7.16. The van der Waals surface area contributed by atoms with E-state index in [2.05, 4.69) is 15.6 Å². The van der Waals surface area contributed by atoms with Crippen molar-refractivity contribution in [1.82, 2.24) is 10.3 Å². The molecule has 33 heavy (non-hydrogen) atoms. The summed E-state index contributed by atoms with van der Waals surface area (Å²) in [7, 11) is 0. The van der Waals surface area contributed by atoms with Gasteiger partial charge in [0.05, 0.1) is 18.3 Å². The van der Waals surface area contributed by atoms with Crippen LogP contribution in [0, 0.1) is 17.5 Å². The van der Waals surface area contributed by atoms with Crippen molar-refractivity contribution in [3.8, 4) is 5.75 Å². The molecule has 2 heterocycles. The van der Waals surface area contributed by atoms with Crippen LogP contribution in [0.1, 0.15) is 34.1 Å². The number of alkyl carbamates (subject to hydrolysis) is 1. The fraction of sp³-hybridized carbons (Fsp3) is 0.174. The highest BCUT2D eigenvalue weighted by Gasteiger charge is 2.30. The number of nitrogens with one attached hydrogen (secondary N) is 2. The fourth-order valence-corrected chi connectivity index (χ4v) is 3.37. The predicted octanol–water partition coefficient (Wildman–Crippen LogP) is 4.50. The molecule has 1 aromatic heterocycles. The van der Waals surface area contributed by atoms with Gasteiger partial charge in [-0.05, 0) is 30.3 Å². The van der Waals surface area contributed by atoms with E-state index in [0.717, 1.165) is 24.3 Å². The summed E-state index contributed by atoms with van der Waals surface area (Å²) in [6.07, 6.45) is 1.23. The van der Waals surface area contributed by atoms with E-state index in [4.69, 9.17) is 9.47 Å². The monoisotopic (exact) mass is 457 g/mol. The van der Waals surface area contributed by atoms with Gasteiger partial charge in [-0.3, -0.25) is 9.78 Å². The summed E-state index contributed by atoms with van der Waals surface area (Å²) in [5, 5.41) is 5.01. The Bertz CT molecular complexity index is 1190. The minimum atomic E-state index is -1.16. The molecule has 7 nitrogen and oxygen atoms in total. The molecule has 10 heteroatoms. The number of carbonyl (C=O) groups is 2. The first-order chi connectivity index (χ1) is 15.9. The van der Waals surface area contributed by atoms with Gasteiger partial charge in [-0.1, -0.05) is 12.1 Å². The van der Waals surface area contributed by atoms with Crippen LogP contribution >= 0.6 is 0 Å². The number of aromatic nitrogens is 1. The molecule has 2 N–H and O–H groups in total. The number of hydrogen-bond acceptors (Lipinski definition) is 5. The molecule has 170 valence electrons. The third-order valence-corrected chi connectivity index (χ3v) is 4.94. The summed E-state index contributed by atoms with van der Waals surface area (Å²) in [6, 6.07) is 9.85. The van der Waals surface area contributed by atoms with Crippen LogP contribution in [0.25, 0.3) is 0 Å². The Balaban J connectivity index is 1.51. The Labute approximate surface area is 186 Å². The van der Waals surface area contributed by atoms with Crippen LogP contribution in [-0.2, 0) is 11.3 Å². The van der Waals surface area contributed by atoms with Crippen LogP contribution in [0.4, 0.5) is 23.7 Å². The van der Waals surface area contributed by atoms with Gasteiger partial charge >= 0.3 is 6.09 Å². The van der Waals surface area contributed by atoms with Crippen molar-refractivity contribution in [3.05, 3.63) is 89.0 Å². The van der Waals surface area contributed by atoms with Gasteiger partial charge in [-0.15, -0.1) is 0 Å². The SMILES string of the molecule is O=C(N[C@H]1CCOc2c1ccc(F)c2C(=O)Nc1ccc(F)c(F)c1)OCc1ccccn1. The maximum absolute atomic E-state index is 14.6. The van der Waals surface area contributed by atoms with Crippen LogP contribution in [0.3, 0.4) is 0 Å². The van der Waals surface area contributed by atoms with Crippen molar-refractivity contribution in [2.45, 2.75) is 19.1 Å². The van der Waals surface area contributed by atoms with E-state index in [9.17, 15) is 22.8 Å². The molecule has 1 aliphatic rings. The number of hydrogen-bond donors (Lipinski definition) is 2.